The number of hydrogen-bond donors (Lipinski definition) is 1. The molecule has 1 aromatic carbocycles. The summed E-state index contributed by atoms with van der Waals surface area (Å²) in [6.07, 6.45) is 0. The molecule has 2 rings (SSSR count). The van der Waals surface area contributed by atoms with Gasteiger partial charge in [0.25, 0.3) is 5.91 Å². The van der Waals surface area contributed by atoms with Crippen LogP contribution >= 0.6 is 0 Å². The van der Waals surface area contributed by atoms with Crippen molar-refractivity contribution >= 4 is 22.1 Å². The molecule has 1 fully saturated rings. The maximum absolute atomic E-state index is 12.0. The molecule has 0 saturated carbocycles. The Balaban J connectivity index is 0.00000200. The van der Waals surface area contributed by atoms with Gasteiger partial charge in [-0.2, -0.15) is 0 Å². The summed E-state index contributed by atoms with van der Waals surface area (Å²) in [5, 5.41) is 2.43. The van der Waals surface area contributed by atoms with Crippen LogP contribution in [-0.4, -0.2) is 35.6 Å². The molecule has 0 aromatic heterocycles. The minimum Gasteiger partial charge on any atom is -0.731 e. The second kappa shape index (κ2) is 5.82. The summed E-state index contributed by atoms with van der Waals surface area (Å²) in [4.78, 5) is 23.2. The van der Waals surface area contributed by atoms with E-state index >= 15 is 0 Å². The molecule has 1 aromatic rings. The first-order chi connectivity index (χ1) is 8.77. The van der Waals surface area contributed by atoms with Crippen molar-refractivity contribution in [2.45, 2.75) is 12.5 Å². The third-order valence-electron chi connectivity index (χ3n) is 2.90. The Morgan fingerprint density at radius 3 is 2.30 bits per heavy atom. The van der Waals surface area contributed by atoms with Gasteiger partial charge in [0.1, 0.15) is 0 Å². The number of β-lactam (4-membered cyclic amide) rings is 1. The predicted molar refractivity (Wildman–Crippen MR) is 63.3 cm³/mol. The topological polar surface area (TPSA) is 107 Å². The molecule has 20 heavy (non-hydrogen) atoms. The first-order valence-electron chi connectivity index (χ1n) is 5.39. The number of rotatable bonds is 3. The van der Waals surface area contributed by atoms with Crippen molar-refractivity contribution in [2.24, 2.45) is 0 Å². The van der Waals surface area contributed by atoms with Crippen molar-refractivity contribution in [2.75, 3.05) is 6.54 Å². The van der Waals surface area contributed by atoms with Crippen molar-refractivity contribution in [1.82, 2.24) is 9.62 Å². The van der Waals surface area contributed by atoms with Gasteiger partial charge in [0.2, 0.25) is 5.91 Å². The van der Waals surface area contributed by atoms with E-state index in [1.54, 1.807) is 30.3 Å². The Hall–Kier alpha value is -0.930. The van der Waals surface area contributed by atoms with Gasteiger partial charge in [-0.05, 0) is 5.56 Å². The van der Waals surface area contributed by atoms with Crippen molar-refractivity contribution in [1.29, 1.82) is 0 Å². The predicted octanol–water partition coefficient (Wildman–Crippen LogP) is -3.68. The van der Waals surface area contributed by atoms with E-state index in [9.17, 15) is 22.6 Å². The van der Waals surface area contributed by atoms with Gasteiger partial charge in [-0.1, -0.05) is 30.3 Å². The van der Waals surface area contributed by atoms with E-state index in [1.807, 2.05) is 0 Å². The van der Waals surface area contributed by atoms with Crippen LogP contribution in [0.5, 0.6) is 0 Å². The Labute approximate surface area is 138 Å². The number of carbonyl (C=O) groups excluding carboxylic acids is 2. The van der Waals surface area contributed by atoms with Crippen LogP contribution in [0.3, 0.4) is 0 Å². The summed E-state index contributed by atoms with van der Waals surface area (Å²) in [5.41, 5.74) is -1.03. The summed E-state index contributed by atoms with van der Waals surface area (Å²) in [7, 11) is -4.85. The molecule has 1 unspecified atom stereocenters. The van der Waals surface area contributed by atoms with Gasteiger partial charge >= 0.3 is 29.6 Å². The summed E-state index contributed by atoms with van der Waals surface area (Å²) in [6.45, 7) is 0.827. The minimum absolute atomic E-state index is 0. The summed E-state index contributed by atoms with van der Waals surface area (Å²) < 4.78 is 32.8. The standard InChI is InChI=1S/C11H12N2O5S.Na/c1-8(14)12-11(9-5-3-2-4-6-9)7-13(10(11)15)19(16,17)18;/h2-6H,7H2,1H3,(H,12,14)(H,16,17,18);/q;+1/p-1. The first-order valence-corrected chi connectivity index (χ1v) is 6.76. The van der Waals surface area contributed by atoms with Gasteiger partial charge in [-0.25, -0.2) is 12.7 Å². The molecule has 1 aliphatic rings. The molecule has 0 aliphatic carbocycles. The summed E-state index contributed by atoms with van der Waals surface area (Å²) in [6, 6.07) is 8.20. The zero-order chi connectivity index (χ0) is 14.3. The van der Waals surface area contributed by atoms with Crippen LogP contribution in [0.25, 0.3) is 0 Å². The quantitative estimate of drug-likeness (QED) is 0.352. The normalized spacial score (nSPS) is 21.7. The van der Waals surface area contributed by atoms with Gasteiger partial charge < -0.3 is 9.87 Å². The van der Waals surface area contributed by atoms with Crippen LogP contribution in [0.2, 0.25) is 0 Å². The third kappa shape index (κ3) is 2.89. The molecule has 0 radical (unpaired) electrons. The zero-order valence-electron chi connectivity index (χ0n) is 11.0. The number of nitrogens with one attached hydrogen (secondary N) is 1. The number of benzene rings is 1. The van der Waals surface area contributed by atoms with E-state index < -0.39 is 27.7 Å². The molecule has 1 saturated heterocycles. The number of hydrogen-bond acceptors (Lipinski definition) is 5. The van der Waals surface area contributed by atoms with Crippen molar-refractivity contribution in [3.63, 3.8) is 0 Å². The SMILES string of the molecule is CC(=O)NC1(c2ccccc2)CN(S(=O)(=O)[O-])C1=O.[Na+]. The number of nitrogens with zero attached hydrogens (tertiary/aromatic N) is 1. The van der Waals surface area contributed by atoms with E-state index in [4.69, 9.17) is 0 Å². The molecular formula is C11H11N2NaO5S. The second-order valence-corrected chi connectivity index (χ2v) is 5.52. The van der Waals surface area contributed by atoms with E-state index in [0.29, 0.717) is 5.56 Å². The van der Waals surface area contributed by atoms with Crippen molar-refractivity contribution in [3.8, 4) is 0 Å². The van der Waals surface area contributed by atoms with Crippen LogP contribution in [-0.2, 0) is 25.4 Å². The second-order valence-electron chi connectivity index (χ2n) is 4.22. The molecule has 2 amide bonds. The summed E-state index contributed by atoms with van der Waals surface area (Å²) >= 11 is 0. The zero-order valence-corrected chi connectivity index (χ0v) is 13.8. The van der Waals surface area contributed by atoms with Crippen molar-refractivity contribution in [3.05, 3.63) is 35.9 Å². The molecule has 102 valence electrons. The molecule has 1 heterocycles. The van der Waals surface area contributed by atoms with E-state index in [-0.39, 0.29) is 40.4 Å². The smallest absolute Gasteiger partial charge is 0.731 e. The van der Waals surface area contributed by atoms with Crippen molar-refractivity contribution < 1.29 is 52.1 Å². The average Bonchev–Trinajstić information content (AvgIpc) is 2.32. The van der Waals surface area contributed by atoms with Gasteiger partial charge in [0.15, 0.2) is 15.8 Å². The van der Waals surface area contributed by atoms with Crippen LogP contribution < -0.4 is 34.9 Å². The van der Waals surface area contributed by atoms with Crippen LogP contribution in [0.4, 0.5) is 0 Å². The monoisotopic (exact) mass is 306 g/mol. The Bertz CT molecular complexity index is 633. The van der Waals surface area contributed by atoms with Crippen LogP contribution in [0.15, 0.2) is 30.3 Å². The van der Waals surface area contributed by atoms with Gasteiger partial charge in [0.05, 0.1) is 6.54 Å². The van der Waals surface area contributed by atoms with Gasteiger partial charge in [-0.3, -0.25) is 9.59 Å². The number of amides is 2. The van der Waals surface area contributed by atoms with E-state index in [0.717, 1.165) is 0 Å². The van der Waals surface area contributed by atoms with Gasteiger partial charge in [0, 0.05) is 6.92 Å². The fraction of sp³-hybridized carbons (Fsp3) is 0.273. The van der Waals surface area contributed by atoms with Crippen LogP contribution in [0.1, 0.15) is 12.5 Å². The Kier molecular flexibility index (Phi) is 4.99. The number of carbonyl (C=O) groups is 2. The molecular weight excluding hydrogens is 295 g/mol. The maximum atomic E-state index is 12.0. The van der Waals surface area contributed by atoms with Gasteiger partial charge in [-0.15, -0.1) is 0 Å². The largest absolute Gasteiger partial charge is 1.00 e. The molecule has 9 heteroatoms. The van der Waals surface area contributed by atoms with Crippen LogP contribution in [0, 0.1) is 0 Å². The fourth-order valence-electron chi connectivity index (χ4n) is 2.06. The average molecular weight is 306 g/mol. The van der Waals surface area contributed by atoms with E-state index in [1.165, 1.54) is 6.92 Å². The van der Waals surface area contributed by atoms with E-state index in [2.05, 4.69) is 5.32 Å². The molecule has 1 atom stereocenters. The molecule has 1 N–H and O–H groups in total. The molecule has 1 aliphatic heterocycles. The minimum atomic E-state index is -4.85. The summed E-state index contributed by atoms with van der Waals surface area (Å²) in [5.74, 6) is -1.43. The molecule has 0 spiro atoms. The Morgan fingerprint density at radius 2 is 1.90 bits per heavy atom. The first kappa shape index (κ1) is 17.1. The third-order valence-corrected chi connectivity index (χ3v) is 3.73. The fourth-order valence-corrected chi connectivity index (χ4v) is 2.77. The molecule has 7 nitrogen and oxygen atoms in total. The maximum Gasteiger partial charge on any atom is 1.00 e. The Morgan fingerprint density at radius 1 is 1.35 bits per heavy atom. The molecule has 0 bridgehead atoms.